The molecule has 8 heteroatoms. The van der Waals surface area contributed by atoms with Crippen LogP contribution in [0.15, 0.2) is 66.7 Å². The van der Waals surface area contributed by atoms with Gasteiger partial charge in [-0.05, 0) is 23.6 Å². The van der Waals surface area contributed by atoms with E-state index in [4.69, 9.17) is 9.47 Å². The van der Waals surface area contributed by atoms with Gasteiger partial charge in [0.1, 0.15) is 24.2 Å². The molecule has 0 bridgehead atoms. The van der Waals surface area contributed by atoms with E-state index in [9.17, 15) is 5.11 Å². The molecule has 6 nitrogen and oxygen atoms in total. The summed E-state index contributed by atoms with van der Waals surface area (Å²) >= 11 is 0. The smallest absolute Gasteiger partial charge is 0.142 e. The van der Waals surface area contributed by atoms with Crippen LogP contribution in [0.25, 0.3) is 10.8 Å². The van der Waals surface area contributed by atoms with Gasteiger partial charge in [0.25, 0.3) is 0 Å². The molecule has 1 unspecified atom stereocenters. The van der Waals surface area contributed by atoms with Gasteiger partial charge in [-0.2, -0.15) is 0 Å². The molecule has 0 amide bonds. The van der Waals surface area contributed by atoms with Gasteiger partial charge in [0.2, 0.25) is 0 Å². The van der Waals surface area contributed by atoms with Crippen molar-refractivity contribution in [1.29, 1.82) is 0 Å². The molecule has 1 saturated heterocycles. The summed E-state index contributed by atoms with van der Waals surface area (Å²) in [4.78, 5) is 4.64. The molecule has 32 heavy (non-hydrogen) atoms. The van der Waals surface area contributed by atoms with Crippen molar-refractivity contribution in [1.82, 2.24) is 4.90 Å². The van der Waals surface area contributed by atoms with Crippen molar-refractivity contribution >= 4 is 41.3 Å². The normalized spacial score (nSPS) is 14.5. The lowest BCUT2D eigenvalue weighted by atomic mass is 10.1. The van der Waals surface area contributed by atoms with E-state index < -0.39 is 6.10 Å². The minimum atomic E-state index is -0.522. The summed E-state index contributed by atoms with van der Waals surface area (Å²) in [7, 11) is 1.71. The van der Waals surface area contributed by atoms with Gasteiger partial charge in [-0.3, -0.25) is 4.90 Å². The highest BCUT2D eigenvalue weighted by Crippen LogP contribution is 2.28. The van der Waals surface area contributed by atoms with E-state index in [1.165, 1.54) is 0 Å². The molecule has 1 atom stereocenters. The van der Waals surface area contributed by atoms with Gasteiger partial charge in [-0.15, -0.1) is 24.8 Å². The van der Waals surface area contributed by atoms with E-state index in [1.807, 2.05) is 48.5 Å². The fourth-order valence-electron chi connectivity index (χ4n) is 3.92. The van der Waals surface area contributed by atoms with Crippen LogP contribution in [0.5, 0.6) is 11.5 Å². The number of β-amino-alcohol motifs (C(OH)–C–C–N with tert-alkyl or cyclic N) is 1. The number of piperazine rings is 1. The third-order valence-electron chi connectivity index (χ3n) is 5.45. The number of nitrogens with zero attached hydrogens (tertiary/aromatic N) is 2. The molecule has 0 radical (unpaired) electrons. The number of aliphatic hydroxyl groups is 1. The molecule has 176 valence electrons. The number of para-hydroxylation sites is 2. The summed E-state index contributed by atoms with van der Waals surface area (Å²) in [5, 5.41) is 12.7. The Kier molecular flexibility index (Phi) is 11.6. The van der Waals surface area contributed by atoms with E-state index in [0.29, 0.717) is 13.2 Å². The van der Waals surface area contributed by atoms with Crippen LogP contribution in [0.3, 0.4) is 0 Å². The molecular formula is C24H32Cl2N2O4. The molecule has 1 fully saturated rings. The number of methoxy groups -OCH3 is 1. The molecule has 0 saturated carbocycles. The van der Waals surface area contributed by atoms with Crippen LogP contribution < -0.4 is 14.4 Å². The molecule has 1 aliphatic rings. The van der Waals surface area contributed by atoms with Crippen LogP contribution in [-0.2, 0) is 0 Å². The van der Waals surface area contributed by atoms with Crippen molar-refractivity contribution in [3.05, 3.63) is 66.7 Å². The predicted octanol–water partition coefficient (Wildman–Crippen LogP) is 3.43. The highest BCUT2D eigenvalue weighted by molar-refractivity contribution is 5.88. The van der Waals surface area contributed by atoms with E-state index in [1.54, 1.807) is 7.11 Å². The molecular weight excluding hydrogens is 451 g/mol. The molecule has 0 aromatic heterocycles. The maximum absolute atomic E-state index is 10.5. The van der Waals surface area contributed by atoms with E-state index in [2.05, 4.69) is 28.0 Å². The standard InChI is InChI=1S/C24H28N2O3.2ClH.H2O/c1-28-24-11-5-4-10-22(24)26-15-13-25(14-16-26)17-20(27)18-29-23-12-6-8-19-7-2-3-9-21(19)23;;;/h2-12,20,27H,13-18H2,1H3;2*1H;1H2. The summed E-state index contributed by atoms with van der Waals surface area (Å²) in [5.74, 6) is 1.73. The molecule has 3 N–H and O–H groups in total. The topological polar surface area (TPSA) is 76.7 Å². The second-order valence-electron chi connectivity index (χ2n) is 7.40. The Morgan fingerprint density at radius 1 is 0.844 bits per heavy atom. The van der Waals surface area contributed by atoms with Gasteiger partial charge < -0.3 is 25.0 Å². The Morgan fingerprint density at radius 3 is 2.22 bits per heavy atom. The minimum Gasteiger partial charge on any atom is -0.495 e. The second-order valence-corrected chi connectivity index (χ2v) is 7.40. The number of hydrogen-bond acceptors (Lipinski definition) is 5. The maximum Gasteiger partial charge on any atom is 0.142 e. The first-order valence-corrected chi connectivity index (χ1v) is 10.1. The van der Waals surface area contributed by atoms with Crippen LogP contribution in [0.1, 0.15) is 0 Å². The van der Waals surface area contributed by atoms with Crippen molar-refractivity contribution < 1.29 is 20.1 Å². The number of rotatable bonds is 7. The fraction of sp³-hybridized carbons (Fsp3) is 0.333. The van der Waals surface area contributed by atoms with Gasteiger partial charge in [0, 0.05) is 38.1 Å². The molecule has 1 aliphatic heterocycles. The van der Waals surface area contributed by atoms with E-state index >= 15 is 0 Å². The lowest BCUT2D eigenvalue weighted by molar-refractivity contribution is 0.0668. The zero-order chi connectivity index (χ0) is 20.1. The third-order valence-corrected chi connectivity index (χ3v) is 5.45. The third kappa shape index (κ3) is 6.64. The summed E-state index contributed by atoms with van der Waals surface area (Å²) in [6.45, 7) is 4.55. The molecule has 4 rings (SSSR count). The van der Waals surface area contributed by atoms with Crippen molar-refractivity contribution in [2.24, 2.45) is 0 Å². The van der Waals surface area contributed by atoms with Crippen molar-refractivity contribution in [3.8, 4) is 11.5 Å². The number of halogens is 2. The summed E-state index contributed by atoms with van der Waals surface area (Å²) in [6.07, 6.45) is -0.522. The number of ether oxygens (including phenoxy) is 2. The fourth-order valence-corrected chi connectivity index (χ4v) is 3.92. The Hall–Kier alpha value is -2.22. The average molecular weight is 483 g/mol. The first-order chi connectivity index (χ1) is 14.2. The maximum atomic E-state index is 10.5. The first kappa shape index (κ1) is 27.8. The van der Waals surface area contributed by atoms with Crippen LogP contribution in [0, 0.1) is 0 Å². The van der Waals surface area contributed by atoms with Crippen LogP contribution in [0.2, 0.25) is 0 Å². The molecule has 0 spiro atoms. The number of hydrogen-bond donors (Lipinski definition) is 1. The number of fused-ring (bicyclic) bond motifs is 1. The van der Waals surface area contributed by atoms with Crippen molar-refractivity contribution in [2.45, 2.75) is 6.10 Å². The highest BCUT2D eigenvalue weighted by Gasteiger charge is 2.21. The lowest BCUT2D eigenvalue weighted by Gasteiger charge is -2.37. The monoisotopic (exact) mass is 482 g/mol. The molecule has 1 heterocycles. The van der Waals surface area contributed by atoms with Crippen LogP contribution in [-0.4, -0.2) is 68.0 Å². The van der Waals surface area contributed by atoms with E-state index in [0.717, 1.165) is 54.1 Å². The van der Waals surface area contributed by atoms with Crippen LogP contribution >= 0.6 is 24.8 Å². The van der Waals surface area contributed by atoms with Gasteiger partial charge in [0.15, 0.2) is 0 Å². The van der Waals surface area contributed by atoms with Crippen molar-refractivity contribution in [2.75, 3.05) is 51.3 Å². The highest BCUT2D eigenvalue weighted by atomic mass is 35.5. The van der Waals surface area contributed by atoms with Crippen molar-refractivity contribution in [3.63, 3.8) is 0 Å². The first-order valence-electron chi connectivity index (χ1n) is 10.1. The average Bonchev–Trinajstić information content (AvgIpc) is 2.78. The SMILES string of the molecule is COc1ccccc1N1CCN(CC(O)COc2cccc3ccccc23)CC1.Cl.Cl.O. The Morgan fingerprint density at radius 2 is 1.47 bits per heavy atom. The number of aliphatic hydroxyl groups excluding tert-OH is 1. The second kappa shape index (κ2) is 13.4. The Balaban J connectivity index is 0.00000171. The predicted molar refractivity (Wildman–Crippen MR) is 135 cm³/mol. The zero-order valence-corrected chi connectivity index (χ0v) is 19.8. The number of anilines is 1. The molecule has 3 aromatic rings. The van der Waals surface area contributed by atoms with Gasteiger partial charge in [0.05, 0.1) is 12.8 Å². The lowest BCUT2D eigenvalue weighted by Crippen LogP contribution is -2.49. The van der Waals surface area contributed by atoms with E-state index in [-0.39, 0.29) is 30.3 Å². The van der Waals surface area contributed by atoms with Gasteiger partial charge >= 0.3 is 0 Å². The van der Waals surface area contributed by atoms with Gasteiger partial charge in [-0.25, -0.2) is 0 Å². The summed E-state index contributed by atoms with van der Waals surface area (Å²) < 4.78 is 11.4. The van der Waals surface area contributed by atoms with Gasteiger partial charge in [-0.1, -0.05) is 48.5 Å². The Bertz CT molecular complexity index is 947. The minimum absolute atomic E-state index is 0. The molecule has 3 aromatic carbocycles. The largest absolute Gasteiger partial charge is 0.495 e. The molecule has 0 aliphatic carbocycles. The zero-order valence-electron chi connectivity index (χ0n) is 18.1. The number of benzene rings is 3. The quantitative estimate of drug-likeness (QED) is 0.558. The Labute approximate surface area is 201 Å². The van der Waals surface area contributed by atoms with Crippen LogP contribution in [0.4, 0.5) is 5.69 Å². The summed E-state index contributed by atoms with van der Waals surface area (Å²) in [6, 6.07) is 22.3. The summed E-state index contributed by atoms with van der Waals surface area (Å²) in [5.41, 5.74) is 1.13.